The van der Waals surface area contributed by atoms with Gasteiger partial charge in [-0.25, -0.2) is 14.6 Å². The standard InChI is InChI=1S/C51H77N5O9S2/c1-35(21-23-56(6)7)17-18-37(3)29-42-32-47-53-43(33-67-47)38(4)30-40(31-49(60)64-39(5)28-36(2)12-10-16-48(59)65-42)19-20-46(58)52-22-25-63-27-26-62-24-11-14-41(57)13-8-9-15-45-50-44(34-66-45)54-51(61)55-50/h10,12,16-18,21,29,33,38-40,42,44-45,50H,8-9,11,13-15,19-20,22-28,30-32,34H2,1-7H3,(H,52,58)(H2,54,55,61)/b16-10-,18-17+,35-21+,36-12+,37-29+/t38-,39-,40?,42+,44?,45-,50?/m0/s1. The van der Waals surface area contributed by atoms with Crippen LogP contribution in [0.4, 0.5) is 4.79 Å². The fourth-order valence-corrected chi connectivity index (χ4v) is 10.8. The molecule has 0 aliphatic carbocycles. The molecule has 3 N–H and O–H groups in total. The number of ether oxygens (including phenoxy) is 4. The number of hydrogen-bond acceptors (Lipinski definition) is 13. The van der Waals surface area contributed by atoms with E-state index in [1.165, 1.54) is 17.4 Å². The van der Waals surface area contributed by atoms with Crippen molar-refractivity contribution in [3.8, 4) is 0 Å². The van der Waals surface area contributed by atoms with Gasteiger partial charge < -0.3 is 39.8 Å². The van der Waals surface area contributed by atoms with Crippen molar-refractivity contribution in [2.24, 2.45) is 5.92 Å². The Labute approximate surface area is 407 Å². The van der Waals surface area contributed by atoms with E-state index < -0.39 is 12.1 Å². The maximum atomic E-state index is 13.2. The minimum absolute atomic E-state index is 0.00911. The van der Waals surface area contributed by atoms with E-state index in [1.54, 1.807) is 6.08 Å². The summed E-state index contributed by atoms with van der Waals surface area (Å²) in [6, 6.07) is 0.374. The van der Waals surface area contributed by atoms with Crippen LogP contribution < -0.4 is 16.0 Å². The summed E-state index contributed by atoms with van der Waals surface area (Å²) in [4.78, 5) is 70.2. The number of thiazole rings is 1. The van der Waals surface area contributed by atoms with Crippen molar-refractivity contribution in [1.29, 1.82) is 0 Å². The summed E-state index contributed by atoms with van der Waals surface area (Å²) in [6.45, 7) is 12.8. The number of rotatable bonds is 23. The summed E-state index contributed by atoms with van der Waals surface area (Å²) in [5.41, 5.74) is 3.96. The number of unbranched alkanes of at least 4 members (excludes halogenated alkanes) is 1. The molecule has 0 aromatic carbocycles. The highest BCUT2D eigenvalue weighted by Gasteiger charge is 2.42. The summed E-state index contributed by atoms with van der Waals surface area (Å²) >= 11 is 3.42. The van der Waals surface area contributed by atoms with E-state index >= 15 is 0 Å². The van der Waals surface area contributed by atoms with Gasteiger partial charge in [0.2, 0.25) is 5.91 Å². The van der Waals surface area contributed by atoms with Crippen molar-refractivity contribution < 1.29 is 42.9 Å². The van der Waals surface area contributed by atoms with Gasteiger partial charge in [0.25, 0.3) is 0 Å². The first kappa shape index (κ1) is 55.5. The second-order valence-corrected chi connectivity index (χ2v) is 20.7. The fraction of sp³-hybridized carbons (Fsp3) is 0.647. The molecule has 3 aliphatic rings. The van der Waals surface area contributed by atoms with Gasteiger partial charge in [-0.2, -0.15) is 11.8 Å². The van der Waals surface area contributed by atoms with Crippen molar-refractivity contribution in [3.63, 3.8) is 0 Å². The molecular formula is C51H77N5O9S2. The van der Waals surface area contributed by atoms with Crippen molar-refractivity contribution in [2.75, 3.05) is 59.4 Å². The Morgan fingerprint density at radius 1 is 0.925 bits per heavy atom. The van der Waals surface area contributed by atoms with Crippen molar-refractivity contribution in [2.45, 2.75) is 147 Å². The van der Waals surface area contributed by atoms with E-state index in [0.717, 1.165) is 59.0 Å². The van der Waals surface area contributed by atoms with Crippen LogP contribution in [0.2, 0.25) is 0 Å². The number of carbonyl (C=O) groups is 5. The van der Waals surface area contributed by atoms with Gasteiger partial charge in [-0.3, -0.25) is 14.4 Å². The van der Waals surface area contributed by atoms with E-state index in [2.05, 4.69) is 46.8 Å². The number of amides is 3. The summed E-state index contributed by atoms with van der Waals surface area (Å²) in [5.74, 6) is 0.242. The molecule has 372 valence electrons. The number of allylic oxidation sites excluding steroid dienone is 6. The quantitative estimate of drug-likeness (QED) is 0.0419. The van der Waals surface area contributed by atoms with Crippen LogP contribution in [-0.4, -0.2) is 128 Å². The Hall–Kier alpha value is -4.09. The Bertz CT molecular complexity index is 1910. The highest BCUT2D eigenvalue weighted by atomic mass is 32.2. The number of Topliss-reactive ketones (excluding diaryl/α,β-unsaturated/α-hetero) is 1. The Morgan fingerprint density at radius 3 is 2.48 bits per heavy atom. The van der Waals surface area contributed by atoms with E-state index in [0.29, 0.717) is 83.2 Å². The van der Waals surface area contributed by atoms with Gasteiger partial charge in [-0.15, -0.1) is 11.3 Å². The maximum absolute atomic E-state index is 13.2. The molecule has 2 saturated heterocycles. The number of fused-ring (bicyclic) bond motifs is 3. The first-order valence-corrected chi connectivity index (χ1v) is 26.0. The van der Waals surface area contributed by atoms with Crippen LogP contribution in [0, 0.1) is 5.92 Å². The molecule has 14 nitrogen and oxygen atoms in total. The molecule has 2 fully saturated rings. The monoisotopic (exact) mass is 968 g/mol. The molecule has 2 bridgehead atoms. The second-order valence-electron chi connectivity index (χ2n) is 18.5. The summed E-state index contributed by atoms with van der Waals surface area (Å²) in [5, 5.41) is 12.2. The lowest BCUT2D eigenvalue weighted by molar-refractivity contribution is -0.149. The zero-order chi connectivity index (χ0) is 48.6. The zero-order valence-electron chi connectivity index (χ0n) is 41.0. The van der Waals surface area contributed by atoms with E-state index in [1.807, 2.05) is 70.2 Å². The van der Waals surface area contributed by atoms with E-state index in [-0.39, 0.29) is 66.6 Å². The minimum atomic E-state index is -0.529. The number of nitrogens with zero attached hydrogens (tertiary/aromatic N) is 2. The lowest BCUT2D eigenvalue weighted by atomic mass is 9.88. The van der Waals surface area contributed by atoms with Gasteiger partial charge >= 0.3 is 18.0 Å². The number of ketones is 1. The zero-order valence-corrected chi connectivity index (χ0v) is 42.6. The van der Waals surface area contributed by atoms with Crippen LogP contribution in [0.3, 0.4) is 0 Å². The van der Waals surface area contributed by atoms with Gasteiger partial charge in [-0.1, -0.05) is 60.4 Å². The smallest absolute Gasteiger partial charge is 0.331 e. The predicted octanol–water partition coefficient (Wildman–Crippen LogP) is 7.95. The molecule has 4 heterocycles. The third-order valence-electron chi connectivity index (χ3n) is 11.8. The van der Waals surface area contributed by atoms with Crippen LogP contribution in [-0.2, 0) is 44.5 Å². The number of cyclic esters (lactones) is 2. The summed E-state index contributed by atoms with van der Waals surface area (Å²) in [6.07, 6.45) is 19.4. The molecule has 3 amide bonds. The van der Waals surface area contributed by atoms with Crippen LogP contribution in [0.15, 0.2) is 64.6 Å². The maximum Gasteiger partial charge on any atom is 0.331 e. The lowest BCUT2D eigenvalue weighted by Gasteiger charge is -2.21. The molecule has 1 aromatic rings. The topological polar surface area (TPSA) is 174 Å². The third-order valence-corrected chi connectivity index (χ3v) is 14.2. The van der Waals surface area contributed by atoms with Crippen molar-refractivity contribution in [3.05, 3.63) is 75.3 Å². The molecule has 67 heavy (non-hydrogen) atoms. The fourth-order valence-electron chi connectivity index (χ4n) is 8.25. The molecular weight excluding hydrogens is 891 g/mol. The highest BCUT2D eigenvalue weighted by Crippen LogP contribution is 2.33. The van der Waals surface area contributed by atoms with Gasteiger partial charge in [0.1, 0.15) is 18.0 Å². The molecule has 3 aliphatic heterocycles. The molecule has 0 radical (unpaired) electrons. The molecule has 4 rings (SSSR count). The van der Waals surface area contributed by atoms with Gasteiger partial charge in [0.05, 0.1) is 42.6 Å². The van der Waals surface area contributed by atoms with Crippen LogP contribution in [0.5, 0.6) is 0 Å². The van der Waals surface area contributed by atoms with Gasteiger partial charge in [-0.05, 0) is 91.8 Å². The number of carbonyl (C=O) groups excluding carboxylic acids is 5. The first-order valence-electron chi connectivity index (χ1n) is 24.1. The van der Waals surface area contributed by atoms with E-state index in [9.17, 15) is 24.0 Å². The van der Waals surface area contributed by atoms with E-state index in [4.69, 9.17) is 23.9 Å². The Kier molecular flexibility index (Phi) is 25.2. The second kappa shape index (κ2) is 30.4. The van der Waals surface area contributed by atoms with Gasteiger partial charge in [0.15, 0.2) is 0 Å². The first-order chi connectivity index (χ1) is 32.1. The molecule has 16 heteroatoms. The average Bonchev–Trinajstić information content (AvgIpc) is 3.99. The summed E-state index contributed by atoms with van der Waals surface area (Å²) in [7, 11) is 4.06. The number of likely N-dealkylation sites (N-methyl/N-ethyl adjacent to an activating group) is 1. The Morgan fingerprint density at radius 2 is 1.69 bits per heavy atom. The van der Waals surface area contributed by atoms with Crippen molar-refractivity contribution in [1.82, 2.24) is 25.8 Å². The molecule has 1 aromatic heterocycles. The number of thioether (sulfide) groups is 1. The molecule has 0 saturated carbocycles. The number of esters is 2. The number of hydrogen-bond donors (Lipinski definition) is 3. The van der Waals surface area contributed by atoms with Crippen LogP contribution in [0.25, 0.3) is 0 Å². The number of aromatic nitrogens is 1. The summed E-state index contributed by atoms with van der Waals surface area (Å²) < 4.78 is 23.1. The van der Waals surface area contributed by atoms with Crippen LogP contribution in [0.1, 0.15) is 122 Å². The molecule has 3 unspecified atom stereocenters. The lowest BCUT2D eigenvalue weighted by Crippen LogP contribution is -2.36. The SMILES string of the molecule is CC(/C=C/C(C)=C/[C@@H]1Cc2nc(cs2)[C@@H](C)CC(CCC(=O)NCCOCCOCCCC(=O)CCCC[C@@H]2SCC3NC(=O)NC32)CC(=O)O[C@@H](C)C/C(C)=C/C=C\C(=O)O1)=C\CN(C)C. The normalized spacial score (nSPS) is 25.8. The highest BCUT2D eigenvalue weighted by molar-refractivity contribution is 8.00. The molecule has 0 spiro atoms. The largest absolute Gasteiger partial charge is 0.462 e. The number of nitrogens with one attached hydrogen (secondary N) is 3. The van der Waals surface area contributed by atoms with Crippen molar-refractivity contribution >= 4 is 52.8 Å². The van der Waals surface area contributed by atoms with Crippen LogP contribution >= 0.6 is 23.1 Å². The number of urea groups is 1. The minimum Gasteiger partial charge on any atom is -0.462 e. The van der Waals surface area contributed by atoms with Gasteiger partial charge in [0, 0.05) is 80.7 Å². The average molecular weight is 968 g/mol. The third kappa shape index (κ3) is 22.7. The predicted molar refractivity (Wildman–Crippen MR) is 267 cm³/mol. The Balaban J connectivity index is 1.18. The molecule has 7 atom stereocenters.